The van der Waals surface area contributed by atoms with Gasteiger partial charge in [-0.2, -0.15) is 10.2 Å². The average Bonchev–Trinajstić information content (AvgIpc) is 2.71. The number of carbonyl (C=O) groups excluding carboxylic acids is 1. The van der Waals surface area contributed by atoms with Crippen LogP contribution in [0.3, 0.4) is 0 Å². The highest BCUT2D eigenvalue weighted by Gasteiger charge is 2.17. The van der Waals surface area contributed by atoms with Crippen molar-refractivity contribution in [2.45, 2.75) is 6.92 Å². The highest BCUT2D eigenvalue weighted by molar-refractivity contribution is 6.34. The number of hydrogen-bond donors (Lipinski definition) is 1. The summed E-state index contributed by atoms with van der Waals surface area (Å²) in [5.41, 5.74) is 1.74. The third-order valence-corrected chi connectivity index (χ3v) is 2.65. The molecule has 0 bridgehead atoms. The SMILES string of the molecule is Cc1nn(C)cc1NC(=O)c1c(Cl)cnn1C. The minimum atomic E-state index is -0.300. The van der Waals surface area contributed by atoms with Crippen LogP contribution in [-0.2, 0) is 14.1 Å². The second-order valence-electron chi connectivity index (χ2n) is 3.72. The first kappa shape index (κ1) is 11.7. The number of hydrogen-bond acceptors (Lipinski definition) is 3. The molecule has 1 amide bonds. The van der Waals surface area contributed by atoms with Gasteiger partial charge in [0.2, 0.25) is 0 Å². The largest absolute Gasteiger partial charge is 0.318 e. The van der Waals surface area contributed by atoms with Crippen molar-refractivity contribution in [3.05, 3.63) is 28.8 Å². The number of halogens is 1. The van der Waals surface area contributed by atoms with E-state index >= 15 is 0 Å². The Bertz CT molecular complexity index is 552. The maximum absolute atomic E-state index is 12.0. The number of nitrogens with zero attached hydrogens (tertiary/aromatic N) is 4. The van der Waals surface area contributed by atoms with Gasteiger partial charge in [0.25, 0.3) is 5.91 Å². The number of rotatable bonds is 2. The second kappa shape index (κ2) is 4.21. The van der Waals surface area contributed by atoms with Gasteiger partial charge in [0, 0.05) is 20.3 Å². The number of aromatic nitrogens is 4. The lowest BCUT2D eigenvalue weighted by molar-refractivity contribution is 0.101. The molecule has 6 nitrogen and oxygen atoms in total. The predicted octanol–water partition coefficient (Wildman–Crippen LogP) is 1.37. The van der Waals surface area contributed by atoms with Crippen molar-refractivity contribution in [1.29, 1.82) is 0 Å². The standard InChI is InChI=1S/C10H12ClN5O/c1-6-8(5-15(2)14-6)13-10(17)9-7(11)4-12-16(9)3/h4-5H,1-3H3,(H,13,17). The molecule has 0 radical (unpaired) electrons. The van der Waals surface area contributed by atoms with E-state index in [1.807, 2.05) is 6.92 Å². The van der Waals surface area contributed by atoms with E-state index in [-0.39, 0.29) is 5.91 Å². The first-order chi connectivity index (χ1) is 7.99. The number of anilines is 1. The van der Waals surface area contributed by atoms with Crippen molar-refractivity contribution in [3.63, 3.8) is 0 Å². The zero-order valence-electron chi connectivity index (χ0n) is 9.73. The molecule has 17 heavy (non-hydrogen) atoms. The summed E-state index contributed by atoms with van der Waals surface area (Å²) in [4.78, 5) is 12.0. The molecule has 0 aliphatic rings. The Morgan fingerprint density at radius 1 is 1.47 bits per heavy atom. The summed E-state index contributed by atoms with van der Waals surface area (Å²) in [6, 6.07) is 0. The van der Waals surface area contributed by atoms with E-state index in [9.17, 15) is 4.79 Å². The molecule has 1 N–H and O–H groups in total. The fraction of sp³-hybridized carbons (Fsp3) is 0.300. The number of nitrogens with one attached hydrogen (secondary N) is 1. The van der Waals surface area contributed by atoms with Crippen LogP contribution in [0.1, 0.15) is 16.2 Å². The molecule has 90 valence electrons. The van der Waals surface area contributed by atoms with E-state index in [2.05, 4.69) is 15.5 Å². The van der Waals surface area contributed by atoms with E-state index in [1.165, 1.54) is 10.9 Å². The van der Waals surface area contributed by atoms with Crippen LogP contribution in [0.5, 0.6) is 0 Å². The van der Waals surface area contributed by atoms with Crippen LogP contribution in [0.2, 0.25) is 5.02 Å². The molecule has 0 aliphatic carbocycles. The lowest BCUT2D eigenvalue weighted by Gasteiger charge is -2.04. The quantitative estimate of drug-likeness (QED) is 0.879. The summed E-state index contributed by atoms with van der Waals surface area (Å²) in [6.07, 6.45) is 3.17. The number of carbonyl (C=O) groups is 1. The zero-order valence-corrected chi connectivity index (χ0v) is 10.5. The second-order valence-corrected chi connectivity index (χ2v) is 4.13. The summed E-state index contributed by atoms with van der Waals surface area (Å²) in [6.45, 7) is 1.82. The predicted molar refractivity (Wildman–Crippen MR) is 64.1 cm³/mol. The molecule has 0 spiro atoms. The van der Waals surface area contributed by atoms with E-state index in [4.69, 9.17) is 11.6 Å². The summed E-state index contributed by atoms with van der Waals surface area (Å²) in [5.74, 6) is -0.300. The first-order valence-corrected chi connectivity index (χ1v) is 5.36. The molecule has 0 unspecified atom stereocenters. The van der Waals surface area contributed by atoms with Crippen LogP contribution in [0.25, 0.3) is 0 Å². The molecule has 0 saturated carbocycles. The van der Waals surface area contributed by atoms with Crippen LogP contribution in [0.4, 0.5) is 5.69 Å². The Kier molecular flexibility index (Phi) is 2.89. The van der Waals surface area contributed by atoms with Gasteiger partial charge < -0.3 is 5.32 Å². The molecule has 0 aliphatic heterocycles. The monoisotopic (exact) mass is 253 g/mol. The molecule has 0 saturated heterocycles. The van der Waals surface area contributed by atoms with Gasteiger partial charge in [-0.3, -0.25) is 14.2 Å². The van der Waals surface area contributed by atoms with Gasteiger partial charge in [-0.25, -0.2) is 0 Å². The summed E-state index contributed by atoms with van der Waals surface area (Å²) in [5, 5.41) is 11.1. The van der Waals surface area contributed by atoms with Gasteiger partial charge in [0.05, 0.1) is 22.6 Å². The Morgan fingerprint density at radius 2 is 2.18 bits per heavy atom. The Balaban J connectivity index is 2.26. The van der Waals surface area contributed by atoms with Crippen molar-refractivity contribution in [1.82, 2.24) is 19.6 Å². The summed E-state index contributed by atoms with van der Waals surface area (Å²) < 4.78 is 3.07. The van der Waals surface area contributed by atoms with Crippen LogP contribution in [0, 0.1) is 6.92 Å². The third-order valence-electron chi connectivity index (χ3n) is 2.37. The van der Waals surface area contributed by atoms with Gasteiger partial charge in [0.15, 0.2) is 0 Å². The highest BCUT2D eigenvalue weighted by Crippen LogP contribution is 2.17. The van der Waals surface area contributed by atoms with Crippen LogP contribution >= 0.6 is 11.6 Å². The highest BCUT2D eigenvalue weighted by atomic mass is 35.5. The fourth-order valence-corrected chi connectivity index (χ4v) is 1.82. The zero-order chi connectivity index (χ0) is 12.6. The smallest absolute Gasteiger partial charge is 0.275 e. The van der Waals surface area contributed by atoms with Gasteiger partial charge in [-0.1, -0.05) is 11.6 Å². The molecule has 2 aromatic heterocycles. The number of amides is 1. The molecular formula is C10H12ClN5O. The average molecular weight is 254 g/mol. The van der Waals surface area contributed by atoms with Crippen LogP contribution < -0.4 is 5.32 Å². The molecule has 2 aromatic rings. The third kappa shape index (κ3) is 2.16. The van der Waals surface area contributed by atoms with Gasteiger partial charge >= 0.3 is 0 Å². The van der Waals surface area contributed by atoms with E-state index in [1.54, 1.807) is 25.0 Å². The Morgan fingerprint density at radius 3 is 2.65 bits per heavy atom. The van der Waals surface area contributed by atoms with Crippen LogP contribution in [0.15, 0.2) is 12.4 Å². The molecular weight excluding hydrogens is 242 g/mol. The fourth-order valence-electron chi connectivity index (χ4n) is 1.57. The lowest BCUT2D eigenvalue weighted by atomic mass is 10.3. The minimum absolute atomic E-state index is 0.300. The Labute approximate surface area is 103 Å². The molecule has 0 fully saturated rings. The summed E-state index contributed by atoms with van der Waals surface area (Å²) in [7, 11) is 3.45. The molecule has 2 heterocycles. The topological polar surface area (TPSA) is 64.7 Å². The molecule has 0 atom stereocenters. The maximum atomic E-state index is 12.0. The summed E-state index contributed by atoms with van der Waals surface area (Å²) >= 11 is 5.89. The van der Waals surface area contributed by atoms with Crippen molar-refractivity contribution in [2.75, 3.05) is 5.32 Å². The van der Waals surface area contributed by atoms with Crippen molar-refractivity contribution < 1.29 is 4.79 Å². The minimum Gasteiger partial charge on any atom is -0.318 e. The molecule has 2 rings (SSSR count). The number of aryl methyl sites for hydroxylation is 3. The van der Waals surface area contributed by atoms with Crippen molar-refractivity contribution in [3.8, 4) is 0 Å². The molecule has 0 aromatic carbocycles. The van der Waals surface area contributed by atoms with Gasteiger partial charge in [-0.15, -0.1) is 0 Å². The van der Waals surface area contributed by atoms with E-state index in [0.717, 1.165) is 5.69 Å². The Hall–Kier alpha value is -1.82. The van der Waals surface area contributed by atoms with Gasteiger partial charge in [0.1, 0.15) is 5.69 Å². The first-order valence-electron chi connectivity index (χ1n) is 4.98. The lowest BCUT2D eigenvalue weighted by Crippen LogP contribution is -2.16. The van der Waals surface area contributed by atoms with Crippen molar-refractivity contribution in [2.24, 2.45) is 14.1 Å². The van der Waals surface area contributed by atoms with Gasteiger partial charge in [-0.05, 0) is 6.92 Å². The normalized spacial score (nSPS) is 10.6. The maximum Gasteiger partial charge on any atom is 0.275 e. The van der Waals surface area contributed by atoms with E-state index < -0.39 is 0 Å². The van der Waals surface area contributed by atoms with E-state index in [0.29, 0.717) is 16.4 Å². The van der Waals surface area contributed by atoms with Crippen LogP contribution in [-0.4, -0.2) is 25.5 Å². The molecule has 7 heteroatoms. The van der Waals surface area contributed by atoms with Crippen molar-refractivity contribution >= 4 is 23.2 Å².